The summed E-state index contributed by atoms with van der Waals surface area (Å²) in [6, 6.07) is 0. The number of ether oxygens (including phenoxy) is 1. The van der Waals surface area contributed by atoms with Crippen molar-refractivity contribution in [3.63, 3.8) is 0 Å². The average molecular weight is 108 g/mol. The van der Waals surface area contributed by atoms with Gasteiger partial charge in [0, 0.05) is 6.61 Å². The van der Waals surface area contributed by atoms with Crippen LogP contribution in [0.15, 0.2) is 0 Å². The zero-order valence-corrected chi connectivity index (χ0v) is 5.09. The first-order valence-electron chi connectivity index (χ1n) is 2.50. The van der Waals surface area contributed by atoms with Gasteiger partial charge in [-0.15, -0.1) is 0 Å². The maximum atomic E-state index is 9.88. The second-order valence-electron chi connectivity index (χ2n) is 1.69. The average Bonchev–Trinajstić information content (AvgIpc) is 2.14. The van der Waals surface area contributed by atoms with E-state index in [1.54, 1.807) is 0 Å². The molecule has 42 valence electrons. The van der Waals surface area contributed by atoms with Gasteiger partial charge in [0.2, 0.25) is 0 Å². The number of rotatable bonds is 1. The van der Waals surface area contributed by atoms with Crippen molar-refractivity contribution in [2.24, 2.45) is 0 Å². The maximum absolute atomic E-state index is 9.88. The summed E-state index contributed by atoms with van der Waals surface area (Å²) >= 11 is 0. The first-order chi connectivity index (χ1) is 3.43. The first-order valence-corrected chi connectivity index (χ1v) is 2.50. The number of carbonyl (C=O) groups excluding carboxylic acids is 1. The Kier molecular flexibility index (Phi) is 4.26. The van der Waals surface area contributed by atoms with Crippen LogP contribution in [0, 0.1) is 0 Å². The molecule has 1 aliphatic rings. The van der Waals surface area contributed by atoms with Crippen LogP contribution in [0.4, 0.5) is 0 Å². The number of hydrogen-bond donors (Lipinski definition) is 0. The van der Waals surface area contributed by atoms with Crippen molar-refractivity contribution < 1.29 is 29.8 Å². The van der Waals surface area contributed by atoms with Crippen molar-refractivity contribution in [1.29, 1.82) is 0 Å². The quantitative estimate of drug-likeness (QED) is 0.274. The molecule has 0 aromatic rings. The van der Waals surface area contributed by atoms with Crippen LogP contribution >= 0.6 is 0 Å². The van der Waals surface area contributed by atoms with E-state index in [0.29, 0.717) is 0 Å². The van der Waals surface area contributed by atoms with Crippen LogP contribution in [0.1, 0.15) is 14.3 Å². The number of carbonyl (C=O) groups is 1. The minimum atomic E-state index is -0.0833. The van der Waals surface area contributed by atoms with E-state index in [1.807, 2.05) is 0 Å². The van der Waals surface area contributed by atoms with Gasteiger partial charge in [-0.1, -0.05) is 0 Å². The molecule has 1 saturated heterocycles. The van der Waals surface area contributed by atoms with E-state index in [1.165, 1.54) is 0 Å². The molecule has 0 N–H and O–H groups in total. The largest absolute Gasteiger partial charge is 1.00 e. The molecule has 3 heteroatoms. The van der Waals surface area contributed by atoms with Crippen molar-refractivity contribution in [1.82, 2.24) is 0 Å². The van der Waals surface area contributed by atoms with Gasteiger partial charge in [-0.05, 0) is 12.8 Å². The van der Waals surface area contributed by atoms with E-state index in [4.69, 9.17) is 4.74 Å². The molecule has 0 aliphatic carbocycles. The van der Waals surface area contributed by atoms with Gasteiger partial charge in [-0.3, -0.25) is 0 Å². The summed E-state index contributed by atoms with van der Waals surface area (Å²) < 4.78 is 4.93. The Balaban J connectivity index is 0. The SMILES string of the molecule is O=CC1CCCO1.[H-].[Li+]. The van der Waals surface area contributed by atoms with E-state index in [9.17, 15) is 4.79 Å². The fourth-order valence-corrected chi connectivity index (χ4v) is 0.710. The van der Waals surface area contributed by atoms with Gasteiger partial charge in [0.05, 0.1) is 0 Å². The topological polar surface area (TPSA) is 26.3 Å². The zero-order chi connectivity index (χ0) is 5.11. The Morgan fingerprint density at radius 2 is 2.50 bits per heavy atom. The summed E-state index contributed by atoms with van der Waals surface area (Å²) in [5.74, 6) is 0. The van der Waals surface area contributed by atoms with Crippen molar-refractivity contribution in [3.8, 4) is 0 Å². The molecule has 0 aromatic carbocycles. The molecule has 0 saturated carbocycles. The molecule has 0 bridgehead atoms. The predicted molar refractivity (Wildman–Crippen MR) is 26.1 cm³/mol. The van der Waals surface area contributed by atoms with Crippen LogP contribution in [0.2, 0.25) is 0 Å². The second-order valence-corrected chi connectivity index (χ2v) is 1.69. The Morgan fingerprint density at radius 1 is 1.75 bits per heavy atom. The fourth-order valence-electron chi connectivity index (χ4n) is 0.710. The molecule has 2 nitrogen and oxygen atoms in total. The summed E-state index contributed by atoms with van der Waals surface area (Å²) in [7, 11) is 0. The van der Waals surface area contributed by atoms with E-state index < -0.39 is 0 Å². The minimum absolute atomic E-state index is 0. The Bertz CT molecular complexity index is 73.4. The van der Waals surface area contributed by atoms with Crippen molar-refractivity contribution in [2.45, 2.75) is 18.9 Å². The molecule has 0 aromatic heterocycles. The number of aldehydes is 1. The molecule has 1 aliphatic heterocycles. The van der Waals surface area contributed by atoms with Crippen LogP contribution in [-0.2, 0) is 9.53 Å². The smallest absolute Gasteiger partial charge is 1.00 e. The normalized spacial score (nSPS) is 26.8. The van der Waals surface area contributed by atoms with E-state index >= 15 is 0 Å². The van der Waals surface area contributed by atoms with Crippen LogP contribution in [0.3, 0.4) is 0 Å². The van der Waals surface area contributed by atoms with E-state index in [0.717, 1.165) is 25.7 Å². The number of hydrogen-bond acceptors (Lipinski definition) is 2. The molecule has 0 spiro atoms. The summed E-state index contributed by atoms with van der Waals surface area (Å²) in [4.78, 5) is 9.88. The van der Waals surface area contributed by atoms with Gasteiger partial charge in [0.1, 0.15) is 12.4 Å². The van der Waals surface area contributed by atoms with Crippen molar-refractivity contribution >= 4 is 6.29 Å². The summed E-state index contributed by atoms with van der Waals surface area (Å²) in [5.41, 5.74) is 0. The summed E-state index contributed by atoms with van der Waals surface area (Å²) in [5, 5.41) is 0. The Labute approximate surface area is 62.3 Å². The van der Waals surface area contributed by atoms with Gasteiger partial charge < -0.3 is 11.0 Å². The maximum Gasteiger partial charge on any atom is 1.00 e. The van der Waals surface area contributed by atoms with Gasteiger partial charge >= 0.3 is 18.9 Å². The third-order valence-corrected chi connectivity index (χ3v) is 1.12. The van der Waals surface area contributed by atoms with E-state index in [2.05, 4.69) is 0 Å². The third-order valence-electron chi connectivity index (χ3n) is 1.12. The van der Waals surface area contributed by atoms with Crippen LogP contribution in [0.5, 0.6) is 0 Å². The van der Waals surface area contributed by atoms with Crippen LogP contribution in [-0.4, -0.2) is 19.0 Å². The molecular weight excluding hydrogens is 99.0 g/mol. The Morgan fingerprint density at radius 3 is 2.75 bits per heavy atom. The third kappa shape index (κ3) is 2.00. The molecule has 0 amide bonds. The molecule has 1 unspecified atom stereocenters. The fraction of sp³-hybridized carbons (Fsp3) is 0.800. The molecule has 1 atom stereocenters. The first kappa shape index (κ1) is 8.23. The van der Waals surface area contributed by atoms with Gasteiger partial charge in [0.15, 0.2) is 0 Å². The van der Waals surface area contributed by atoms with E-state index in [-0.39, 0.29) is 26.4 Å². The Hall–Kier alpha value is 0.227. The van der Waals surface area contributed by atoms with Gasteiger partial charge in [-0.25, -0.2) is 0 Å². The van der Waals surface area contributed by atoms with Crippen molar-refractivity contribution in [2.75, 3.05) is 6.61 Å². The minimum Gasteiger partial charge on any atom is -1.00 e. The second kappa shape index (κ2) is 4.14. The standard InChI is InChI=1S/C5H8O2.Li.H/c6-4-5-2-1-3-7-5;;/h4-5H,1-3H2;;/q;+1;-1. The zero-order valence-electron chi connectivity index (χ0n) is 6.09. The summed E-state index contributed by atoms with van der Waals surface area (Å²) in [6.07, 6.45) is 2.75. The molecule has 1 rings (SSSR count). The summed E-state index contributed by atoms with van der Waals surface area (Å²) in [6.45, 7) is 0.767. The van der Waals surface area contributed by atoms with Crippen LogP contribution in [0.25, 0.3) is 0 Å². The van der Waals surface area contributed by atoms with Gasteiger partial charge in [-0.2, -0.15) is 0 Å². The molecule has 0 radical (unpaired) electrons. The predicted octanol–water partition coefficient (Wildman–Crippen LogP) is -2.52. The van der Waals surface area contributed by atoms with Gasteiger partial charge in [0.25, 0.3) is 0 Å². The molecular formula is C5H9LiO2. The molecule has 8 heavy (non-hydrogen) atoms. The van der Waals surface area contributed by atoms with Crippen molar-refractivity contribution in [3.05, 3.63) is 0 Å². The molecule has 1 fully saturated rings. The molecule has 1 heterocycles. The monoisotopic (exact) mass is 108 g/mol. The van der Waals surface area contributed by atoms with Crippen LogP contribution < -0.4 is 18.9 Å².